The Kier molecular flexibility index (Phi) is 6.49. The van der Waals surface area contributed by atoms with E-state index in [2.05, 4.69) is 0 Å². The van der Waals surface area contributed by atoms with Gasteiger partial charge in [0.2, 0.25) is 0 Å². The number of alkyl halides is 1. The number of hydrogen-bond donors (Lipinski definition) is 0. The Hall–Kier alpha value is -1.06. The molecule has 0 bridgehead atoms. The van der Waals surface area contributed by atoms with Gasteiger partial charge in [0.25, 0.3) is 0 Å². The van der Waals surface area contributed by atoms with E-state index >= 15 is 0 Å². The Bertz CT molecular complexity index is 504. The van der Waals surface area contributed by atoms with Crippen LogP contribution in [0.3, 0.4) is 0 Å². The molecule has 0 aromatic heterocycles. The number of carbonyl (C=O) groups is 1. The lowest BCUT2D eigenvalue weighted by Gasteiger charge is -2.41. The average molecular weight is 339 g/mol. The molecule has 0 N–H and O–H groups in total. The summed E-state index contributed by atoms with van der Waals surface area (Å²) in [4.78, 5) is 11.8. The second kappa shape index (κ2) is 8.16. The molecule has 1 aliphatic rings. The summed E-state index contributed by atoms with van der Waals surface area (Å²) in [6.07, 6.45) is 5.69. The van der Waals surface area contributed by atoms with Gasteiger partial charge in [-0.2, -0.15) is 0 Å². The van der Waals surface area contributed by atoms with Crippen LogP contribution in [0.4, 0.5) is 0 Å². The summed E-state index contributed by atoms with van der Waals surface area (Å²) in [5.74, 6) is -0.280. The number of rotatable bonds is 6. The van der Waals surface area contributed by atoms with E-state index in [4.69, 9.17) is 21.1 Å². The molecule has 1 saturated carbocycles. The summed E-state index contributed by atoms with van der Waals surface area (Å²) in [5.41, 5.74) is 1.22. The number of ether oxygens (including phenoxy) is 2. The first kappa shape index (κ1) is 18.3. The second-order valence-electron chi connectivity index (χ2n) is 6.52. The summed E-state index contributed by atoms with van der Waals surface area (Å²) in [6.45, 7) is 6.21. The number of carbonyl (C=O) groups excluding carboxylic acids is 1. The first-order valence-corrected chi connectivity index (χ1v) is 9.00. The van der Waals surface area contributed by atoms with Crippen LogP contribution < -0.4 is 0 Å². The van der Waals surface area contributed by atoms with Gasteiger partial charge in [0.1, 0.15) is 5.56 Å². The highest BCUT2D eigenvalue weighted by atomic mass is 35.5. The minimum absolute atomic E-state index is 0.0927. The van der Waals surface area contributed by atoms with E-state index < -0.39 is 0 Å². The maximum Gasteiger partial charge on any atom is 0.338 e. The van der Waals surface area contributed by atoms with Gasteiger partial charge in [-0.3, -0.25) is 0 Å². The normalized spacial score (nSPS) is 18.7. The van der Waals surface area contributed by atoms with E-state index in [1.807, 2.05) is 45.0 Å². The molecule has 0 heterocycles. The lowest BCUT2D eigenvalue weighted by Crippen LogP contribution is -2.41. The summed E-state index contributed by atoms with van der Waals surface area (Å²) >= 11 is 6.68. The number of esters is 1. The van der Waals surface area contributed by atoms with Gasteiger partial charge in [0.05, 0.1) is 18.3 Å². The van der Waals surface area contributed by atoms with Gasteiger partial charge in [-0.25, -0.2) is 4.79 Å². The summed E-state index contributed by atoms with van der Waals surface area (Å²) < 4.78 is 11.0. The predicted octanol–water partition coefficient (Wildman–Crippen LogP) is 5.06. The summed E-state index contributed by atoms with van der Waals surface area (Å²) in [5, 5.41) is 0. The maximum atomic E-state index is 11.8. The fraction of sp³-hybridized carbons (Fsp3) is 0.632. The monoisotopic (exact) mass is 338 g/mol. The lowest BCUT2D eigenvalue weighted by atomic mass is 9.69. The highest BCUT2D eigenvalue weighted by Gasteiger charge is 2.41. The SMILES string of the molecule is CCOC(=O)c1ccc(C2(C(Cl)OC(C)C)CCCCC2)cc1. The fourth-order valence-electron chi connectivity index (χ4n) is 3.35. The Morgan fingerprint density at radius 1 is 1.17 bits per heavy atom. The molecule has 1 fully saturated rings. The van der Waals surface area contributed by atoms with Gasteiger partial charge in [0.15, 0.2) is 0 Å². The molecule has 128 valence electrons. The van der Waals surface area contributed by atoms with E-state index in [-0.39, 0.29) is 23.1 Å². The average Bonchev–Trinajstić information content (AvgIpc) is 2.55. The van der Waals surface area contributed by atoms with Crippen LogP contribution in [-0.2, 0) is 14.9 Å². The third kappa shape index (κ3) is 4.27. The van der Waals surface area contributed by atoms with Crippen molar-refractivity contribution in [3.05, 3.63) is 35.4 Å². The van der Waals surface area contributed by atoms with Gasteiger partial charge < -0.3 is 9.47 Å². The molecule has 4 heteroatoms. The van der Waals surface area contributed by atoms with E-state index in [1.54, 1.807) is 0 Å². The third-order valence-electron chi connectivity index (χ3n) is 4.54. The van der Waals surface area contributed by atoms with Crippen molar-refractivity contribution in [3.8, 4) is 0 Å². The Balaban J connectivity index is 2.27. The molecule has 0 aliphatic heterocycles. The first-order valence-electron chi connectivity index (χ1n) is 8.57. The molecule has 1 aromatic carbocycles. The molecule has 1 aliphatic carbocycles. The van der Waals surface area contributed by atoms with E-state index in [1.165, 1.54) is 6.42 Å². The zero-order valence-electron chi connectivity index (χ0n) is 14.3. The molecule has 1 unspecified atom stereocenters. The van der Waals surface area contributed by atoms with Crippen molar-refractivity contribution in [2.24, 2.45) is 0 Å². The van der Waals surface area contributed by atoms with Crippen LogP contribution in [0.25, 0.3) is 0 Å². The smallest absolute Gasteiger partial charge is 0.338 e. The quantitative estimate of drug-likeness (QED) is 0.537. The zero-order valence-corrected chi connectivity index (χ0v) is 15.1. The summed E-state index contributed by atoms with van der Waals surface area (Å²) in [6, 6.07) is 7.69. The third-order valence-corrected chi connectivity index (χ3v) is 5.06. The Morgan fingerprint density at radius 3 is 2.30 bits per heavy atom. The number of hydrogen-bond acceptors (Lipinski definition) is 3. The minimum Gasteiger partial charge on any atom is -0.462 e. The topological polar surface area (TPSA) is 35.5 Å². The Labute approximate surface area is 144 Å². The van der Waals surface area contributed by atoms with Crippen LogP contribution in [0, 0.1) is 0 Å². The fourth-order valence-corrected chi connectivity index (χ4v) is 3.90. The van der Waals surface area contributed by atoms with Crippen molar-refractivity contribution >= 4 is 17.6 Å². The van der Waals surface area contributed by atoms with Crippen molar-refractivity contribution in [3.63, 3.8) is 0 Å². The van der Waals surface area contributed by atoms with Crippen molar-refractivity contribution in [1.82, 2.24) is 0 Å². The van der Waals surface area contributed by atoms with Gasteiger partial charge in [-0.15, -0.1) is 0 Å². The van der Waals surface area contributed by atoms with Crippen molar-refractivity contribution < 1.29 is 14.3 Å². The second-order valence-corrected chi connectivity index (χ2v) is 6.91. The first-order chi connectivity index (χ1) is 11.0. The van der Waals surface area contributed by atoms with Gasteiger partial charge >= 0.3 is 5.97 Å². The van der Waals surface area contributed by atoms with Crippen molar-refractivity contribution in [2.45, 2.75) is 70.0 Å². The van der Waals surface area contributed by atoms with Crippen molar-refractivity contribution in [2.75, 3.05) is 6.61 Å². The largest absolute Gasteiger partial charge is 0.462 e. The lowest BCUT2D eigenvalue weighted by molar-refractivity contribution is -0.00362. The van der Waals surface area contributed by atoms with Crippen LogP contribution in [0.1, 0.15) is 68.8 Å². The highest BCUT2D eigenvalue weighted by Crippen LogP contribution is 2.45. The predicted molar refractivity (Wildman–Crippen MR) is 93.0 cm³/mol. The zero-order chi connectivity index (χ0) is 16.9. The van der Waals surface area contributed by atoms with E-state index in [0.717, 1.165) is 31.2 Å². The van der Waals surface area contributed by atoms with Crippen LogP contribution in [0.15, 0.2) is 24.3 Å². The molecule has 1 atom stereocenters. The number of halogens is 1. The molecular weight excluding hydrogens is 312 g/mol. The molecule has 0 saturated heterocycles. The molecule has 0 radical (unpaired) electrons. The minimum atomic E-state index is -0.351. The van der Waals surface area contributed by atoms with Gasteiger partial charge in [-0.05, 0) is 51.3 Å². The number of benzene rings is 1. The molecule has 0 amide bonds. The van der Waals surface area contributed by atoms with Crippen LogP contribution in [0.2, 0.25) is 0 Å². The van der Waals surface area contributed by atoms with E-state index in [0.29, 0.717) is 12.2 Å². The molecular formula is C19H27ClO3. The highest BCUT2D eigenvalue weighted by molar-refractivity contribution is 6.20. The molecule has 23 heavy (non-hydrogen) atoms. The molecule has 0 spiro atoms. The standard InChI is InChI=1S/C19H27ClO3/c1-4-22-17(21)15-8-10-16(11-9-15)19(12-6-5-7-13-19)18(20)23-14(2)3/h8-11,14,18H,4-7,12-13H2,1-3H3. The Morgan fingerprint density at radius 2 is 1.78 bits per heavy atom. The van der Waals surface area contributed by atoms with Crippen LogP contribution in [-0.4, -0.2) is 24.2 Å². The van der Waals surface area contributed by atoms with Crippen LogP contribution >= 0.6 is 11.6 Å². The summed E-state index contributed by atoms with van der Waals surface area (Å²) in [7, 11) is 0. The van der Waals surface area contributed by atoms with Gasteiger partial charge in [0, 0.05) is 5.41 Å². The van der Waals surface area contributed by atoms with Crippen LogP contribution in [0.5, 0.6) is 0 Å². The van der Waals surface area contributed by atoms with Crippen molar-refractivity contribution in [1.29, 1.82) is 0 Å². The van der Waals surface area contributed by atoms with E-state index in [9.17, 15) is 4.79 Å². The molecule has 3 nitrogen and oxygen atoms in total. The molecule has 2 rings (SSSR count). The molecule has 1 aromatic rings. The van der Waals surface area contributed by atoms with Gasteiger partial charge in [-0.1, -0.05) is 43.0 Å². The maximum absolute atomic E-state index is 11.8.